The summed E-state index contributed by atoms with van der Waals surface area (Å²) in [6, 6.07) is 6.60. The van der Waals surface area contributed by atoms with E-state index in [0.717, 1.165) is 16.4 Å². The van der Waals surface area contributed by atoms with Gasteiger partial charge in [-0.3, -0.25) is 4.79 Å². The molecule has 0 atom stereocenters. The molecule has 0 spiro atoms. The molecular formula is C12H15IN2O3S. The van der Waals surface area contributed by atoms with Crippen molar-refractivity contribution in [3.63, 3.8) is 0 Å². The zero-order valence-corrected chi connectivity index (χ0v) is 13.2. The van der Waals surface area contributed by atoms with E-state index in [1.807, 2.05) is 0 Å². The second-order valence-electron chi connectivity index (χ2n) is 4.42. The molecule has 19 heavy (non-hydrogen) atoms. The molecule has 1 aromatic rings. The lowest BCUT2D eigenvalue weighted by Gasteiger charge is -2.07. The molecule has 1 amide bonds. The highest BCUT2D eigenvalue weighted by Crippen LogP contribution is 2.28. The standard InChI is InChI=1S/C12H15IN2O3S/c13-10-3-5-11(6-4-10)19(17,18)15-8-7-14-12(16)9-1-2-9/h3-6,9,15H,1-2,7-8H2,(H,14,16). The van der Waals surface area contributed by atoms with Gasteiger partial charge in [0.2, 0.25) is 15.9 Å². The molecule has 0 heterocycles. The van der Waals surface area contributed by atoms with Gasteiger partial charge in [0.1, 0.15) is 0 Å². The average molecular weight is 394 g/mol. The summed E-state index contributed by atoms with van der Waals surface area (Å²) < 4.78 is 27.3. The molecule has 0 aliphatic heterocycles. The number of benzene rings is 1. The van der Waals surface area contributed by atoms with Crippen LogP contribution in [0, 0.1) is 9.49 Å². The molecule has 1 aliphatic rings. The Balaban J connectivity index is 1.80. The van der Waals surface area contributed by atoms with Gasteiger partial charge in [-0.2, -0.15) is 0 Å². The van der Waals surface area contributed by atoms with E-state index in [9.17, 15) is 13.2 Å². The molecule has 2 rings (SSSR count). The number of carbonyl (C=O) groups is 1. The van der Waals surface area contributed by atoms with Crippen LogP contribution in [0.5, 0.6) is 0 Å². The number of hydrogen-bond acceptors (Lipinski definition) is 3. The Morgan fingerprint density at radius 1 is 1.21 bits per heavy atom. The first kappa shape index (κ1) is 14.7. The topological polar surface area (TPSA) is 75.3 Å². The Kier molecular flexibility index (Phi) is 4.80. The number of halogens is 1. The predicted octanol–water partition coefficient (Wildman–Crippen LogP) is 1.10. The van der Waals surface area contributed by atoms with Crippen molar-refractivity contribution >= 4 is 38.5 Å². The molecule has 1 aliphatic carbocycles. The Hall–Kier alpha value is -0.670. The van der Waals surface area contributed by atoms with Gasteiger partial charge in [-0.05, 0) is 59.7 Å². The molecule has 1 aromatic carbocycles. The Labute approximate surface area is 126 Å². The lowest BCUT2D eigenvalue weighted by atomic mass is 10.4. The van der Waals surface area contributed by atoms with Gasteiger partial charge in [0.15, 0.2) is 0 Å². The molecule has 0 bridgehead atoms. The molecule has 0 saturated heterocycles. The summed E-state index contributed by atoms with van der Waals surface area (Å²) in [5.41, 5.74) is 0. The SMILES string of the molecule is O=C(NCCNS(=O)(=O)c1ccc(I)cc1)C1CC1. The van der Waals surface area contributed by atoms with Crippen LogP contribution in [0.4, 0.5) is 0 Å². The quantitative estimate of drug-likeness (QED) is 0.561. The van der Waals surface area contributed by atoms with E-state index in [1.54, 1.807) is 24.3 Å². The van der Waals surface area contributed by atoms with Gasteiger partial charge in [-0.15, -0.1) is 0 Å². The number of carbonyl (C=O) groups excluding carboxylic acids is 1. The van der Waals surface area contributed by atoms with Crippen molar-refractivity contribution in [3.05, 3.63) is 27.8 Å². The number of sulfonamides is 1. The van der Waals surface area contributed by atoms with Crippen LogP contribution >= 0.6 is 22.6 Å². The molecule has 5 nitrogen and oxygen atoms in total. The highest BCUT2D eigenvalue weighted by Gasteiger charge is 2.29. The summed E-state index contributed by atoms with van der Waals surface area (Å²) in [6.45, 7) is 0.520. The fraction of sp³-hybridized carbons (Fsp3) is 0.417. The Morgan fingerprint density at radius 2 is 1.84 bits per heavy atom. The fourth-order valence-corrected chi connectivity index (χ4v) is 2.95. The fourth-order valence-electron chi connectivity index (χ4n) is 1.56. The van der Waals surface area contributed by atoms with Gasteiger partial charge in [0.25, 0.3) is 0 Å². The molecule has 104 valence electrons. The third-order valence-corrected chi connectivity index (χ3v) is 4.98. The number of rotatable bonds is 6. The minimum atomic E-state index is -3.48. The molecule has 1 fully saturated rings. The van der Waals surface area contributed by atoms with E-state index in [1.165, 1.54) is 0 Å². The van der Waals surface area contributed by atoms with Crippen LogP contribution < -0.4 is 10.0 Å². The molecule has 2 N–H and O–H groups in total. The van der Waals surface area contributed by atoms with Gasteiger partial charge in [0, 0.05) is 22.6 Å². The summed E-state index contributed by atoms with van der Waals surface area (Å²) in [7, 11) is -3.48. The van der Waals surface area contributed by atoms with Crippen LogP contribution in [0.15, 0.2) is 29.2 Å². The van der Waals surface area contributed by atoms with Crippen LogP contribution in [-0.2, 0) is 14.8 Å². The van der Waals surface area contributed by atoms with Crippen molar-refractivity contribution in [2.45, 2.75) is 17.7 Å². The summed E-state index contributed by atoms with van der Waals surface area (Å²) in [5, 5.41) is 2.71. The maximum atomic E-state index is 11.9. The monoisotopic (exact) mass is 394 g/mol. The van der Waals surface area contributed by atoms with Crippen molar-refractivity contribution in [2.75, 3.05) is 13.1 Å². The van der Waals surface area contributed by atoms with E-state index >= 15 is 0 Å². The maximum absolute atomic E-state index is 11.9. The van der Waals surface area contributed by atoms with Crippen LogP contribution in [0.1, 0.15) is 12.8 Å². The molecule has 7 heteroatoms. The number of amides is 1. The van der Waals surface area contributed by atoms with Crippen molar-refractivity contribution < 1.29 is 13.2 Å². The molecule has 0 radical (unpaired) electrons. The normalized spacial score (nSPS) is 15.2. The molecule has 1 saturated carbocycles. The van der Waals surface area contributed by atoms with E-state index < -0.39 is 10.0 Å². The first-order valence-corrected chi connectivity index (χ1v) is 8.58. The van der Waals surface area contributed by atoms with Crippen molar-refractivity contribution in [2.24, 2.45) is 5.92 Å². The smallest absolute Gasteiger partial charge is 0.240 e. The summed E-state index contributed by atoms with van der Waals surface area (Å²) in [6.07, 6.45) is 1.89. The summed E-state index contributed by atoms with van der Waals surface area (Å²) in [4.78, 5) is 11.6. The lowest BCUT2D eigenvalue weighted by Crippen LogP contribution is -2.35. The van der Waals surface area contributed by atoms with Gasteiger partial charge >= 0.3 is 0 Å². The minimum absolute atomic E-state index is 0.0217. The minimum Gasteiger partial charge on any atom is -0.355 e. The molecule has 0 unspecified atom stereocenters. The van der Waals surface area contributed by atoms with Crippen LogP contribution in [0.2, 0.25) is 0 Å². The highest BCUT2D eigenvalue weighted by molar-refractivity contribution is 14.1. The first-order valence-electron chi connectivity index (χ1n) is 6.02. The van der Waals surface area contributed by atoms with E-state index in [2.05, 4.69) is 32.6 Å². The summed E-state index contributed by atoms with van der Waals surface area (Å²) in [5.74, 6) is 0.168. The maximum Gasteiger partial charge on any atom is 0.240 e. The largest absolute Gasteiger partial charge is 0.355 e. The first-order chi connectivity index (χ1) is 8.99. The second kappa shape index (κ2) is 6.19. The van der Waals surface area contributed by atoms with E-state index in [-0.39, 0.29) is 23.3 Å². The van der Waals surface area contributed by atoms with Gasteiger partial charge in [-0.25, -0.2) is 13.1 Å². The number of nitrogens with one attached hydrogen (secondary N) is 2. The molecule has 0 aromatic heterocycles. The third kappa shape index (κ3) is 4.43. The lowest BCUT2D eigenvalue weighted by molar-refractivity contribution is -0.122. The van der Waals surface area contributed by atoms with Crippen LogP contribution in [-0.4, -0.2) is 27.4 Å². The van der Waals surface area contributed by atoms with Gasteiger partial charge in [0.05, 0.1) is 4.90 Å². The highest BCUT2D eigenvalue weighted by atomic mass is 127. The third-order valence-electron chi connectivity index (χ3n) is 2.79. The van der Waals surface area contributed by atoms with Crippen molar-refractivity contribution in [1.82, 2.24) is 10.0 Å². The van der Waals surface area contributed by atoms with Crippen molar-refractivity contribution in [3.8, 4) is 0 Å². The molecular weight excluding hydrogens is 379 g/mol. The van der Waals surface area contributed by atoms with E-state index in [0.29, 0.717) is 6.54 Å². The van der Waals surface area contributed by atoms with E-state index in [4.69, 9.17) is 0 Å². The average Bonchev–Trinajstić information content (AvgIpc) is 3.19. The van der Waals surface area contributed by atoms with Gasteiger partial charge < -0.3 is 5.32 Å². The predicted molar refractivity (Wildman–Crippen MR) is 80.1 cm³/mol. The Bertz CT molecular complexity index is 553. The van der Waals surface area contributed by atoms with Gasteiger partial charge in [-0.1, -0.05) is 0 Å². The zero-order valence-electron chi connectivity index (χ0n) is 10.2. The second-order valence-corrected chi connectivity index (χ2v) is 7.43. The van der Waals surface area contributed by atoms with Crippen LogP contribution in [0.3, 0.4) is 0 Å². The summed E-state index contributed by atoms with van der Waals surface area (Å²) >= 11 is 2.12. The number of hydrogen-bond donors (Lipinski definition) is 2. The van der Waals surface area contributed by atoms with Crippen molar-refractivity contribution in [1.29, 1.82) is 0 Å². The zero-order chi connectivity index (χ0) is 13.9. The van der Waals surface area contributed by atoms with Crippen LogP contribution in [0.25, 0.3) is 0 Å². The Morgan fingerprint density at radius 3 is 2.42 bits per heavy atom.